The van der Waals surface area contributed by atoms with Crippen LogP contribution in [-0.4, -0.2) is 19.7 Å². The molecule has 0 aliphatic heterocycles. The molecular formula is C12H23NO. The number of nitrogens with one attached hydrogen (secondary N) is 1. The van der Waals surface area contributed by atoms with Gasteiger partial charge in [-0.1, -0.05) is 13.3 Å². The van der Waals surface area contributed by atoms with E-state index >= 15 is 0 Å². The minimum atomic E-state index is 0.528. The topological polar surface area (TPSA) is 21.3 Å². The molecule has 1 aliphatic rings. The lowest BCUT2D eigenvalue weighted by atomic mass is 10.2. The fourth-order valence-electron chi connectivity index (χ4n) is 1.37. The first-order valence-electron chi connectivity index (χ1n) is 5.78. The van der Waals surface area contributed by atoms with E-state index in [1.54, 1.807) is 5.57 Å². The van der Waals surface area contributed by atoms with Gasteiger partial charge < -0.3 is 10.1 Å². The number of unbranched alkanes of at least 4 members (excludes halogenated alkanes) is 1. The van der Waals surface area contributed by atoms with Crippen LogP contribution < -0.4 is 5.32 Å². The molecule has 2 nitrogen and oxygen atoms in total. The predicted molar refractivity (Wildman–Crippen MR) is 60.3 cm³/mol. The molecule has 1 unspecified atom stereocenters. The lowest BCUT2D eigenvalue weighted by molar-refractivity contribution is 0.191. The van der Waals surface area contributed by atoms with E-state index in [4.69, 9.17) is 4.74 Å². The van der Waals surface area contributed by atoms with Crippen LogP contribution in [0.1, 0.15) is 46.0 Å². The highest BCUT2D eigenvalue weighted by molar-refractivity contribution is 5.21. The second-order valence-electron chi connectivity index (χ2n) is 4.12. The van der Waals surface area contributed by atoms with Crippen LogP contribution in [0.5, 0.6) is 0 Å². The lowest BCUT2D eigenvalue weighted by Crippen LogP contribution is -2.22. The van der Waals surface area contributed by atoms with Crippen molar-refractivity contribution in [2.45, 2.75) is 52.0 Å². The molecule has 1 aliphatic carbocycles. The molecule has 2 heteroatoms. The lowest BCUT2D eigenvalue weighted by Gasteiger charge is -2.14. The Bertz CT molecular complexity index is 192. The van der Waals surface area contributed by atoms with Gasteiger partial charge in [-0.05, 0) is 38.8 Å². The zero-order valence-electron chi connectivity index (χ0n) is 9.73. The smallest absolute Gasteiger partial charge is 0.0967 e. The van der Waals surface area contributed by atoms with Crippen LogP contribution in [0.4, 0.5) is 0 Å². The fourth-order valence-corrected chi connectivity index (χ4v) is 1.37. The van der Waals surface area contributed by atoms with Crippen LogP contribution >= 0.6 is 0 Å². The van der Waals surface area contributed by atoms with Gasteiger partial charge in [0.2, 0.25) is 0 Å². The molecule has 0 bridgehead atoms. The Balaban J connectivity index is 2.30. The number of rotatable bonds is 7. The molecule has 0 heterocycles. The van der Waals surface area contributed by atoms with Gasteiger partial charge in [0.1, 0.15) is 0 Å². The zero-order chi connectivity index (χ0) is 10.4. The normalized spacial score (nSPS) is 16.6. The quantitative estimate of drug-likeness (QED) is 0.500. The van der Waals surface area contributed by atoms with Crippen LogP contribution in [0.2, 0.25) is 0 Å². The first kappa shape index (κ1) is 11.6. The Morgan fingerprint density at radius 2 is 2.21 bits per heavy atom. The van der Waals surface area contributed by atoms with Crippen molar-refractivity contribution in [3.05, 3.63) is 11.3 Å². The van der Waals surface area contributed by atoms with Crippen LogP contribution in [0, 0.1) is 0 Å². The average molecular weight is 197 g/mol. The fraction of sp³-hybridized carbons (Fsp3) is 0.833. The number of ether oxygens (including phenoxy) is 1. The third-order valence-corrected chi connectivity index (χ3v) is 2.65. The summed E-state index contributed by atoms with van der Waals surface area (Å²) >= 11 is 0. The molecule has 0 aromatic rings. The SMILES string of the molecule is CCCCOC(CC(C)NC)=C1CC1. The Hall–Kier alpha value is -0.500. The maximum atomic E-state index is 5.82. The van der Waals surface area contributed by atoms with Gasteiger partial charge in [0.25, 0.3) is 0 Å². The van der Waals surface area contributed by atoms with Crippen LogP contribution in [0.15, 0.2) is 11.3 Å². The first-order chi connectivity index (χ1) is 6.77. The summed E-state index contributed by atoms with van der Waals surface area (Å²) in [4.78, 5) is 0. The zero-order valence-corrected chi connectivity index (χ0v) is 9.73. The summed E-state index contributed by atoms with van der Waals surface area (Å²) in [5, 5.41) is 3.25. The van der Waals surface area contributed by atoms with Crippen molar-refractivity contribution in [2.75, 3.05) is 13.7 Å². The molecule has 1 fully saturated rings. The van der Waals surface area contributed by atoms with E-state index in [1.807, 2.05) is 7.05 Å². The van der Waals surface area contributed by atoms with E-state index in [2.05, 4.69) is 19.2 Å². The van der Waals surface area contributed by atoms with E-state index in [0.717, 1.165) is 13.0 Å². The molecule has 0 aromatic heterocycles. The summed E-state index contributed by atoms with van der Waals surface area (Å²) < 4.78 is 5.82. The van der Waals surface area contributed by atoms with Crippen molar-refractivity contribution >= 4 is 0 Å². The van der Waals surface area contributed by atoms with E-state index < -0.39 is 0 Å². The molecule has 0 amide bonds. The molecular weight excluding hydrogens is 174 g/mol. The summed E-state index contributed by atoms with van der Waals surface area (Å²) in [6.07, 6.45) is 5.96. The second-order valence-corrected chi connectivity index (χ2v) is 4.12. The van der Waals surface area contributed by atoms with Crippen molar-refractivity contribution in [2.24, 2.45) is 0 Å². The molecule has 1 saturated carbocycles. The molecule has 0 radical (unpaired) electrons. The van der Waals surface area contributed by atoms with E-state index in [1.165, 1.54) is 31.4 Å². The summed E-state index contributed by atoms with van der Waals surface area (Å²) in [6.45, 7) is 5.29. The van der Waals surface area contributed by atoms with Gasteiger partial charge in [-0.3, -0.25) is 0 Å². The van der Waals surface area contributed by atoms with Gasteiger partial charge >= 0.3 is 0 Å². The molecule has 0 aromatic carbocycles. The van der Waals surface area contributed by atoms with Crippen molar-refractivity contribution < 1.29 is 4.74 Å². The maximum absolute atomic E-state index is 5.82. The van der Waals surface area contributed by atoms with Crippen molar-refractivity contribution in [3.8, 4) is 0 Å². The third-order valence-electron chi connectivity index (χ3n) is 2.65. The van der Waals surface area contributed by atoms with Crippen molar-refractivity contribution in [1.29, 1.82) is 0 Å². The van der Waals surface area contributed by atoms with Gasteiger partial charge in [-0.15, -0.1) is 0 Å². The number of allylic oxidation sites excluding steroid dienone is 1. The average Bonchev–Trinajstić information content (AvgIpc) is 2.99. The van der Waals surface area contributed by atoms with Crippen LogP contribution in [0.3, 0.4) is 0 Å². The van der Waals surface area contributed by atoms with E-state index in [-0.39, 0.29) is 0 Å². The minimum Gasteiger partial charge on any atom is -0.498 e. The highest BCUT2D eigenvalue weighted by Crippen LogP contribution is 2.34. The highest BCUT2D eigenvalue weighted by atomic mass is 16.5. The third kappa shape index (κ3) is 4.14. The summed E-state index contributed by atoms with van der Waals surface area (Å²) in [6, 6.07) is 0.528. The molecule has 14 heavy (non-hydrogen) atoms. The van der Waals surface area contributed by atoms with Gasteiger partial charge in [-0.2, -0.15) is 0 Å². The minimum absolute atomic E-state index is 0.528. The second kappa shape index (κ2) is 6.07. The molecule has 1 rings (SSSR count). The van der Waals surface area contributed by atoms with Gasteiger partial charge in [-0.25, -0.2) is 0 Å². The Morgan fingerprint density at radius 1 is 1.50 bits per heavy atom. The summed E-state index contributed by atoms with van der Waals surface area (Å²) in [5.41, 5.74) is 1.54. The molecule has 0 saturated heterocycles. The largest absolute Gasteiger partial charge is 0.498 e. The van der Waals surface area contributed by atoms with Gasteiger partial charge in [0.05, 0.1) is 12.4 Å². The molecule has 0 spiro atoms. The predicted octanol–water partition coefficient (Wildman–Crippen LogP) is 2.85. The maximum Gasteiger partial charge on any atom is 0.0967 e. The monoisotopic (exact) mass is 197 g/mol. The molecule has 82 valence electrons. The Morgan fingerprint density at radius 3 is 2.71 bits per heavy atom. The van der Waals surface area contributed by atoms with E-state index in [9.17, 15) is 0 Å². The number of hydrogen-bond donors (Lipinski definition) is 1. The molecule has 1 atom stereocenters. The highest BCUT2D eigenvalue weighted by Gasteiger charge is 2.20. The Kier molecular flexibility index (Phi) is 5.02. The van der Waals surface area contributed by atoms with Crippen molar-refractivity contribution in [3.63, 3.8) is 0 Å². The summed E-state index contributed by atoms with van der Waals surface area (Å²) in [5.74, 6) is 1.26. The van der Waals surface area contributed by atoms with Gasteiger partial charge in [0.15, 0.2) is 0 Å². The first-order valence-corrected chi connectivity index (χ1v) is 5.78. The van der Waals surface area contributed by atoms with E-state index in [0.29, 0.717) is 6.04 Å². The molecule has 1 N–H and O–H groups in total. The van der Waals surface area contributed by atoms with Crippen LogP contribution in [-0.2, 0) is 4.74 Å². The van der Waals surface area contributed by atoms with Crippen molar-refractivity contribution in [1.82, 2.24) is 5.32 Å². The van der Waals surface area contributed by atoms with Gasteiger partial charge in [0, 0.05) is 12.5 Å². The Labute approximate surface area is 87.7 Å². The number of hydrogen-bond acceptors (Lipinski definition) is 2. The summed E-state index contributed by atoms with van der Waals surface area (Å²) in [7, 11) is 2.01. The van der Waals surface area contributed by atoms with Crippen LogP contribution in [0.25, 0.3) is 0 Å². The standard InChI is InChI=1S/C12H23NO/c1-4-5-8-14-12(11-6-7-11)9-10(2)13-3/h10,13H,4-9H2,1-3H3.